The predicted octanol–water partition coefficient (Wildman–Crippen LogP) is 6.31. The smallest absolute Gasteiger partial charge is 0.260 e. The molecule has 204 valence electrons. The van der Waals surface area contributed by atoms with E-state index in [2.05, 4.69) is 42.7 Å². The van der Waals surface area contributed by atoms with Gasteiger partial charge in [-0.25, -0.2) is 9.97 Å². The molecule has 0 saturated carbocycles. The van der Waals surface area contributed by atoms with Gasteiger partial charge in [0.05, 0.1) is 24.7 Å². The van der Waals surface area contributed by atoms with Gasteiger partial charge >= 0.3 is 0 Å². The molecule has 0 unspecified atom stereocenters. The van der Waals surface area contributed by atoms with Crippen molar-refractivity contribution in [3.63, 3.8) is 0 Å². The van der Waals surface area contributed by atoms with Crippen LogP contribution in [0.1, 0.15) is 18.2 Å². The molecule has 0 N–H and O–H groups in total. The van der Waals surface area contributed by atoms with Crippen LogP contribution in [0.25, 0.3) is 33.4 Å². The van der Waals surface area contributed by atoms with Crippen LogP contribution in [0.4, 0.5) is 5.95 Å². The van der Waals surface area contributed by atoms with Crippen molar-refractivity contribution in [3.05, 3.63) is 93.8 Å². The first-order chi connectivity index (χ1) is 19.4. The summed E-state index contributed by atoms with van der Waals surface area (Å²) < 4.78 is 6.95. The summed E-state index contributed by atoms with van der Waals surface area (Å²) in [6.07, 6.45) is 5.17. The molecule has 0 radical (unpaired) electrons. The van der Waals surface area contributed by atoms with Crippen molar-refractivity contribution >= 4 is 44.5 Å². The van der Waals surface area contributed by atoms with Crippen molar-refractivity contribution < 1.29 is 4.74 Å². The van der Waals surface area contributed by atoms with Crippen LogP contribution in [-0.2, 0) is 13.1 Å². The molecule has 0 fully saturated rings. The number of hydrogen-bond donors (Lipinski definition) is 0. The Morgan fingerprint density at radius 3 is 2.50 bits per heavy atom. The van der Waals surface area contributed by atoms with Gasteiger partial charge in [-0.2, -0.15) is 4.98 Å². The highest BCUT2D eigenvalue weighted by Crippen LogP contribution is 2.31. The summed E-state index contributed by atoms with van der Waals surface area (Å²) in [4.78, 5) is 34.2. The monoisotopic (exact) mass is 618 g/mol. The predicted molar refractivity (Wildman–Crippen MR) is 164 cm³/mol. The van der Waals surface area contributed by atoms with Crippen LogP contribution in [0, 0.1) is 6.92 Å². The molecule has 0 aliphatic carbocycles. The zero-order valence-corrected chi connectivity index (χ0v) is 24.8. The minimum atomic E-state index is -0.167. The van der Waals surface area contributed by atoms with Crippen LogP contribution in [0.5, 0.6) is 5.75 Å². The topological polar surface area (TPSA) is 86.0 Å². The van der Waals surface area contributed by atoms with E-state index in [1.54, 1.807) is 30.3 Å². The SMILES string of the molecule is CCN(Cc1ccc(OC)cc1)c1ncc2cc(-c3ccc(-c4cncc(C)n4)cc3Cl)c(=O)n(CCBr)c2n1. The minimum absolute atomic E-state index is 0.167. The Labute approximate surface area is 245 Å². The number of ether oxygens (including phenoxy) is 1. The van der Waals surface area contributed by atoms with Crippen molar-refractivity contribution in [3.8, 4) is 28.1 Å². The number of aryl methyl sites for hydroxylation is 2. The van der Waals surface area contributed by atoms with E-state index in [0.717, 1.165) is 33.7 Å². The molecule has 0 bridgehead atoms. The van der Waals surface area contributed by atoms with Crippen LogP contribution >= 0.6 is 27.5 Å². The molecule has 40 heavy (non-hydrogen) atoms. The molecule has 8 nitrogen and oxygen atoms in total. The van der Waals surface area contributed by atoms with Crippen molar-refractivity contribution in [2.75, 3.05) is 23.9 Å². The maximum atomic E-state index is 13.8. The summed E-state index contributed by atoms with van der Waals surface area (Å²) in [5.74, 6) is 1.37. The van der Waals surface area contributed by atoms with E-state index in [1.165, 1.54) is 0 Å². The quantitative estimate of drug-likeness (QED) is 0.179. The third kappa shape index (κ3) is 5.71. The number of nitrogens with zero attached hydrogens (tertiary/aromatic N) is 6. The molecule has 0 amide bonds. The van der Waals surface area contributed by atoms with Crippen LogP contribution in [0.15, 0.2) is 71.9 Å². The highest BCUT2D eigenvalue weighted by molar-refractivity contribution is 9.09. The first kappa shape index (κ1) is 27.7. The number of aromatic nitrogens is 5. The second kappa shape index (κ2) is 12.1. The van der Waals surface area contributed by atoms with Gasteiger partial charge in [-0.15, -0.1) is 0 Å². The van der Waals surface area contributed by atoms with E-state index >= 15 is 0 Å². The molecule has 2 aromatic carbocycles. The Hall–Kier alpha value is -3.82. The summed E-state index contributed by atoms with van der Waals surface area (Å²) in [6, 6.07) is 15.3. The third-order valence-electron chi connectivity index (χ3n) is 6.63. The molecular weight excluding hydrogens is 592 g/mol. The highest BCUT2D eigenvalue weighted by atomic mass is 79.9. The van der Waals surface area contributed by atoms with Gasteiger partial charge < -0.3 is 9.64 Å². The fourth-order valence-electron chi connectivity index (χ4n) is 4.56. The summed E-state index contributed by atoms with van der Waals surface area (Å²) >= 11 is 10.2. The van der Waals surface area contributed by atoms with E-state index in [9.17, 15) is 4.79 Å². The van der Waals surface area contributed by atoms with Gasteiger partial charge in [0.1, 0.15) is 11.4 Å². The van der Waals surface area contributed by atoms with Crippen molar-refractivity contribution in [2.24, 2.45) is 0 Å². The molecule has 10 heteroatoms. The summed E-state index contributed by atoms with van der Waals surface area (Å²) in [6.45, 7) is 5.71. The molecule has 5 aromatic rings. The van der Waals surface area contributed by atoms with Crippen molar-refractivity contribution in [1.29, 1.82) is 0 Å². The summed E-state index contributed by atoms with van der Waals surface area (Å²) in [5, 5.41) is 1.80. The number of hydrogen-bond acceptors (Lipinski definition) is 7. The van der Waals surface area contributed by atoms with Gasteiger partial charge in [-0.3, -0.25) is 14.3 Å². The zero-order valence-electron chi connectivity index (χ0n) is 22.4. The molecule has 0 aliphatic heterocycles. The van der Waals surface area contributed by atoms with Gasteiger partial charge in [-0.05, 0) is 43.7 Å². The Bertz CT molecular complexity index is 1720. The first-order valence-electron chi connectivity index (χ1n) is 12.8. The van der Waals surface area contributed by atoms with Gasteiger partial charge in [0.2, 0.25) is 5.95 Å². The largest absolute Gasteiger partial charge is 0.497 e. The second-order valence-corrected chi connectivity index (χ2v) is 10.5. The van der Waals surface area contributed by atoms with Crippen LogP contribution < -0.4 is 15.2 Å². The molecule has 5 rings (SSSR count). The fourth-order valence-corrected chi connectivity index (χ4v) is 5.19. The van der Waals surface area contributed by atoms with Gasteiger partial charge in [0, 0.05) is 64.5 Å². The Kier molecular flexibility index (Phi) is 8.42. The molecular formula is C30H28BrClN6O2. The van der Waals surface area contributed by atoms with Crippen LogP contribution in [-0.4, -0.2) is 43.5 Å². The lowest BCUT2D eigenvalue weighted by Crippen LogP contribution is -2.27. The standard InChI is InChI=1S/C30H28BrClN6O2/c1-4-37(18-20-5-8-23(40-3)9-6-20)30-34-16-22-13-25(29(39)38(12-11-31)28(22)36-30)24-10-7-21(14-26(24)32)27-17-33-15-19(2)35-27/h5-10,13-17H,4,11-12,18H2,1-3H3. The van der Waals surface area contributed by atoms with E-state index in [4.69, 9.17) is 21.3 Å². The van der Waals surface area contributed by atoms with Gasteiger partial charge in [0.25, 0.3) is 5.56 Å². The number of alkyl halides is 1. The highest BCUT2D eigenvalue weighted by Gasteiger charge is 2.18. The normalized spacial score (nSPS) is 11.1. The maximum Gasteiger partial charge on any atom is 0.260 e. The van der Waals surface area contributed by atoms with Gasteiger partial charge in [-0.1, -0.05) is 51.8 Å². The van der Waals surface area contributed by atoms with E-state index in [0.29, 0.717) is 52.7 Å². The number of anilines is 1. The zero-order chi connectivity index (χ0) is 28.2. The Morgan fingerprint density at radius 1 is 1.02 bits per heavy atom. The Morgan fingerprint density at radius 2 is 1.82 bits per heavy atom. The van der Waals surface area contributed by atoms with Crippen LogP contribution in [0.3, 0.4) is 0 Å². The molecule has 3 aromatic heterocycles. The second-order valence-electron chi connectivity index (χ2n) is 9.26. The average molecular weight is 620 g/mol. The lowest BCUT2D eigenvalue weighted by atomic mass is 10.0. The minimum Gasteiger partial charge on any atom is -0.497 e. The summed E-state index contributed by atoms with van der Waals surface area (Å²) in [5.41, 5.74) is 5.01. The fraction of sp³-hybridized carbons (Fsp3) is 0.233. The molecule has 0 spiro atoms. The molecule has 0 aliphatic rings. The number of pyridine rings is 1. The molecule has 0 saturated heterocycles. The number of rotatable bonds is 9. The molecule has 0 atom stereocenters. The van der Waals surface area contributed by atoms with E-state index in [1.807, 2.05) is 55.5 Å². The lowest BCUT2D eigenvalue weighted by molar-refractivity contribution is 0.414. The maximum absolute atomic E-state index is 13.8. The lowest BCUT2D eigenvalue weighted by Gasteiger charge is -2.22. The summed E-state index contributed by atoms with van der Waals surface area (Å²) in [7, 11) is 1.65. The van der Waals surface area contributed by atoms with Crippen molar-refractivity contribution in [2.45, 2.75) is 26.9 Å². The molecule has 3 heterocycles. The number of fused-ring (bicyclic) bond motifs is 1. The van der Waals surface area contributed by atoms with E-state index < -0.39 is 0 Å². The Balaban J connectivity index is 1.54. The number of benzene rings is 2. The third-order valence-corrected chi connectivity index (χ3v) is 7.30. The van der Waals surface area contributed by atoms with E-state index in [-0.39, 0.29) is 5.56 Å². The number of halogens is 2. The first-order valence-corrected chi connectivity index (χ1v) is 14.3. The average Bonchev–Trinajstić information content (AvgIpc) is 2.97. The number of methoxy groups -OCH3 is 1. The van der Waals surface area contributed by atoms with Crippen LogP contribution in [0.2, 0.25) is 5.02 Å². The van der Waals surface area contributed by atoms with Crippen molar-refractivity contribution in [1.82, 2.24) is 24.5 Å². The van der Waals surface area contributed by atoms with Gasteiger partial charge in [0.15, 0.2) is 0 Å².